The third-order valence-electron chi connectivity index (χ3n) is 3.70. The molecule has 2 aromatic carbocycles. The number of amides is 1. The van der Waals surface area contributed by atoms with Crippen LogP contribution in [0.5, 0.6) is 0 Å². The highest BCUT2D eigenvalue weighted by atomic mass is 16.4. The molecule has 0 bridgehead atoms. The predicted molar refractivity (Wildman–Crippen MR) is 83.8 cm³/mol. The lowest BCUT2D eigenvalue weighted by Crippen LogP contribution is -2.26. The van der Waals surface area contributed by atoms with E-state index in [-0.39, 0.29) is 11.9 Å². The van der Waals surface area contributed by atoms with Crippen LogP contribution in [0.4, 0.5) is 0 Å². The second-order valence-electron chi connectivity index (χ2n) is 5.22. The first-order chi connectivity index (χ1) is 10.6. The highest BCUT2D eigenvalue weighted by Gasteiger charge is 2.14. The van der Waals surface area contributed by atoms with Crippen molar-refractivity contribution in [2.75, 3.05) is 0 Å². The number of hydrogen-bond donors (Lipinski definition) is 1. The highest BCUT2D eigenvalue weighted by Crippen LogP contribution is 2.16. The molecule has 0 aliphatic carbocycles. The van der Waals surface area contributed by atoms with Gasteiger partial charge in [-0.2, -0.15) is 0 Å². The highest BCUT2D eigenvalue weighted by molar-refractivity contribution is 5.97. The first kappa shape index (κ1) is 14.1. The lowest BCUT2D eigenvalue weighted by atomic mass is 10.1. The average Bonchev–Trinajstić information content (AvgIpc) is 2.82. The molecule has 0 fully saturated rings. The van der Waals surface area contributed by atoms with E-state index in [2.05, 4.69) is 5.32 Å². The SMILES string of the molecule is CC(NC(=O)c1ccc2oc(=O)n(C)c2c1)c1ccccc1. The zero-order valence-electron chi connectivity index (χ0n) is 12.4. The number of carbonyl (C=O) groups is 1. The van der Waals surface area contributed by atoms with Crippen LogP contribution in [0, 0.1) is 0 Å². The molecule has 5 heteroatoms. The molecule has 22 heavy (non-hydrogen) atoms. The number of fused-ring (bicyclic) bond motifs is 1. The Morgan fingerprint density at radius 3 is 2.64 bits per heavy atom. The number of nitrogens with zero attached hydrogens (tertiary/aromatic N) is 1. The largest absolute Gasteiger partial charge is 0.419 e. The van der Waals surface area contributed by atoms with Crippen LogP contribution in [0.1, 0.15) is 28.9 Å². The van der Waals surface area contributed by atoms with Crippen LogP contribution >= 0.6 is 0 Å². The normalized spacial score (nSPS) is 12.3. The number of oxazole rings is 1. The van der Waals surface area contributed by atoms with Crippen molar-refractivity contribution in [3.8, 4) is 0 Å². The Hall–Kier alpha value is -2.82. The van der Waals surface area contributed by atoms with Crippen molar-refractivity contribution in [3.05, 3.63) is 70.2 Å². The smallest absolute Gasteiger partial charge is 0.408 e. The fourth-order valence-corrected chi connectivity index (χ4v) is 2.37. The molecule has 3 aromatic rings. The monoisotopic (exact) mass is 296 g/mol. The third-order valence-corrected chi connectivity index (χ3v) is 3.70. The first-order valence-corrected chi connectivity index (χ1v) is 7.01. The number of nitrogens with one attached hydrogen (secondary N) is 1. The minimum Gasteiger partial charge on any atom is -0.408 e. The van der Waals surface area contributed by atoms with Gasteiger partial charge in [0.1, 0.15) is 0 Å². The number of hydrogen-bond acceptors (Lipinski definition) is 3. The Morgan fingerprint density at radius 1 is 1.18 bits per heavy atom. The fraction of sp³-hybridized carbons (Fsp3) is 0.176. The molecule has 0 aliphatic rings. The maximum absolute atomic E-state index is 12.4. The van der Waals surface area contributed by atoms with E-state index in [0.29, 0.717) is 16.7 Å². The second-order valence-corrected chi connectivity index (χ2v) is 5.22. The predicted octanol–water partition coefficient (Wildman–Crippen LogP) is 2.62. The number of aromatic nitrogens is 1. The van der Waals surface area contributed by atoms with Crippen LogP contribution in [0.3, 0.4) is 0 Å². The molecular formula is C17H16N2O3. The van der Waals surface area contributed by atoms with E-state index in [9.17, 15) is 9.59 Å². The number of carbonyl (C=O) groups excluding carboxylic acids is 1. The summed E-state index contributed by atoms with van der Waals surface area (Å²) in [5.74, 6) is -0.628. The van der Waals surface area contributed by atoms with Gasteiger partial charge in [0.15, 0.2) is 5.58 Å². The van der Waals surface area contributed by atoms with E-state index in [1.54, 1.807) is 25.2 Å². The number of benzene rings is 2. The minimum atomic E-state index is -0.440. The summed E-state index contributed by atoms with van der Waals surface area (Å²) >= 11 is 0. The minimum absolute atomic E-state index is 0.0995. The first-order valence-electron chi connectivity index (χ1n) is 7.01. The molecule has 1 atom stereocenters. The fourth-order valence-electron chi connectivity index (χ4n) is 2.37. The van der Waals surface area contributed by atoms with Crippen LogP contribution in [-0.2, 0) is 7.05 Å². The van der Waals surface area contributed by atoms with Crippen LogP contribution in [0.15, 0.2) is 57.7 Å². The molecule has 0 spiro atoms. The van der Waals surface area contributed by atoms with E-state index >= 15 is 0 Å². The van der Waals surface area contributed by atoms with Gasteiger partial charge in [-0.15, -0.1) is 0 Å². The summed E-state index contributed by atoms with van der Waals surface area (Å²) in [5.41, 5.74) is 2.60. The summed E-state index contributed by atoms with van der Waals surface area (Å²) in [6, 6.07) is 14.6. The van der Waals surface area contributed by atoms with Crippen molar-refractivity contribution in [3.63, 3.8) is 0 Å². The lowest BCUT2D eigenvalue weighted by molar-refractivity contribution is 0.0940. The van der Waals surface area contributed by atoms with Gasteiger partial charge in [-0.3, -0.25) is 9.36 Å². The van der Waals surface area contributed by atoms with E-state index in [1.807, 2.05) is 37.3 Å². The Balaban J connectivity index is 1.86. The van der Waals surface area contributed by atoms with Gasteiger partial charge in [0.05, 0.1) is 11.6 Å². The van der Waals surface area contributed by atoms with Crippen LogP contribution in [-0.4, -0.2) is 10.5 Å². The molecule has 5 nitrogen and oxygen atoms in total. The standard InChI is InChI=1S/C17H16N2O3/c1-11(12-6-4-3-5-7-12)18-16(20)13-8-9-15-14(10-13)19(2)17(21)22-15/h3-11H,1-2H3,(H,18,20). The van der Waals surface area contributed by atoms with Gasteiger partial charge in [-0.25, -0.2) is 4.79 Å². The molecule has 0 aliphatic heterocycles. The summed E-state index contributed by atoms with van der Waals surface area (Å²) in [4.78, 5) is 23.8. The van der Waals surface area contributed by atoms with E-state index in [0.717, 1.165) is 5.56 Å². The molecule has 0 saturated carbocycles. The summed E-state index contributed by atoms with van der Waals surface area (Å²) in [7, 11) is 1.61. The zero-order chi connectivity index (χ0) is 15.7. The Kier molecular flexibility index (Phi) is 3.55. The quantitative estimate of drug-likeness (QED) is 0.808. The average molecular weight is 296 g/mol. The summed E-state index contributed by atoms with van der Waals surface area (Å²) < 4.78 is 6.44. The molecule has 1 heterocycles. The summed E-state index contributed by atoms with van der Waals surface area (Å²) in [6.45, 7) is 1.93. The summed E-state index contributed by atoms with van der Waals surface area (Å²) in [6.07, 6.45) is 0. The van der Waals surface area contributed by atoms with Crippen molar-refractivity contribution in [1.82, 2.24) is 9.88 Å². The van der Waals surface area contributed by atoms with Gasteiger partial charge < -0.3 is 9.73 Å². The third kappa shape index (κ3) is 2.53. The molecule has 0 saturated heterocycles. The number of rotatable bonds is 3. The topological polar surface area (TPSA) is 64.2 Å². The molecule has 112 valence electrons. The maximum Gasteiger partial charge on any atom is 0.419 e. The van der Waals surface area contributed by atoms with Crippen molar-refractivity contribution < 1.29 is 9.21 Å². The van der Waals surface area contributed by atoms with Crippen molar-refractivity contribution >= 4 is 17.0 Å². The van der Waals surface area contributed by atoms with Crippen molar-refractivity contribution in [1.29, 1.82) is 0 Å². The van der Waals surface area contributed by atoms with E-state index in [1.165, 1.54) is 4.57 Å². The van der Waals surface area contributed by atoms with Crippen molar-refractivity contribution in [2.45, 2.75) is 13.0 Å². The number of aryl methyl sites for hydroxylation is 1. The molecule has 1 unspecified atom stereocenters. The van der Waals surface area contributed by atoms with Crippen LogP contribution in [0.25, 0.3) is 11.1 Å². The molecular weight excluding hydrogens is 280 g/mol. The van der Waals surface area contributed by atoms with Crippen molar-refractivity contribution in [2.24, 2.45) is 7.05 Å². The van der Waals surface area contributed by atoms with Gasteiger partial charge >= 0.3 is 5.76 Å². The van der Waals surface area contributed by atoms with Crippen LogP contribution < -0.4 is 11.1 Å². The molecule has 0 radical (unpaired) electrons. The molecule has 1 aromatic heterocycles. The maximum atomic E-state index is 12.4. The van der Waals surface area contributed by atoms with E-state index < -0.39 is 5.76 Å². The van der Waals surface area contributed by atoms with Gasteiger partial charge in [0.25, 0.3) is 5.91 Å². The molecule has 3 rings (SSSR count). The Bertz CT molecular complexity index is 878. The zero-order valence-corrected chi connectivity index (χ0v) is 12.4. The summed E-state index contributed by atoms with van der Waals surface area (Å²) in [5, 5.41) is 2.95. The van der Waals surface area contributed by atoms with E-state index in [4.69, 9.17) is 4.42 Å². The van der Waals surface area contributed by atoms with Gasteiger partial charge in [-0.05, 0) is 30.7 Å². The van der Waals surface area contributed by atoms with Gasteiger partial charge in [0.2, 0.25) is 0 Å². The molecule has 1 amide bonds. The van der Waals surface area contributed by atoms with Gasteiger partial charge in [0, 0.05) is 12.6 Å². The van der Waals surface area contributed by atoms with Gasteiger partial charge in [-0.1, -0.05) is 30.3 Å². The Labute approximate surface area is 127 Å². The second kappa shape index (κ2) is 5.52. The lowest BCUT2D eigenvalue weighted by Gasteiger charge is -2.14. The Morgan fingerprint density at radius 2 is 1.91 bits per heavy atom. The van der Waals surface area contributed by atoms with Crippen LogP contribution in [0.2, 0.25) is 0 Å². The molecule has 1 N–H and O–H groups in total.